The molecule has 1 saturated heterocycles. The highest BCUT2D eigenvalue weighted by molar-refractivity contribution is 5.89. The zero-order valence-electron chi connectivity index (χ0n) is 17.2. The Bertz CT molecular complexity index is 510. The standard InChI is InChI=1S/C19H37N5O3/c1-12(2)8-15(20)18(26)23-16(9-13(3)4)19(27)24-7-5-6-14(11-24)22-10-17(21)25/h12-16,22H,5-11,20H2,1-4H3,(H2,21,25)(H,23,26)/t14-,15+,16+/m1/s1. The molecule has 1 aliphatic rings. The molecule has 0 saturated carbocycles. The van der Waals surface area contributed by atoms with Crippen molar-refractivity contribution in [3.63, 3.8) is 0 Å². The number of primary amides is 1. The van der Waals surface area contributed by atoms with Crippen molar-refractivity contribution in [1.29, 1.82) is 0 Å². The molecule has 27 heavy (non-hydrogen) atoms. The molecule has 0 bridgehead atoms. The summed E-state index contributed by atoms with van der Waals surface area (Å²) in [6.07, 6.45) is 2.88. The summed E-state index contributed by atoms with van der Waals surface area (Å²) in [6.45, 7) is 9.32. The van der Waals surface area contributed by atoms with Gasteiger partial charge >= 0.3 is 0 Å². The minimum absolute atomic E-state index is 0.0359. The SMILES string of the molecule is CC(C)C[C@H](NC(=O)[C@@H](N)CC(C)C)C(=O)N1CCC[C@@H](NCC(N)=O)C1. The number of likely N-dealkylation sites (tertiary alicyclic amines) is 1. The van der Waals surface area contributed by atoms with E-state index in [0.717, 1.165) is 12.8 Å². The predicted octanol–water partition coefficient (Wildman–Crippen LogP) is -0.0434. The lowest BCUT2D eigenvalue weighted by Gasteiger charge is -2.36. The molecule has 1 fully saturated rings. The van der Waals surface area contributed by atoms with Crippen LogP contribution in [-0.4, -0.2) is 60.4 Å². The molecular weight excluding hydrogens is 346 g/mol. The molecule has 0 spiro atoms. The van der Waals surface area contributed by atoms with E-state index in [2.05, 4.69) is 10.6 Å². The van der Waals surface area contributed by atoms with E-state index >= 15 is 0 Å². The zero-order valence-corrected chi connectivity index (χ0v) is 17.2. The topological polar surface area (TPSA) is 131 Å². The van der Waals surface area contributed by atoms with Crippen molar-refractivity contribution in [2.45, 2.75) is 71.5 Å². The summed E-state index contributed by atoms with van der Waals surface area (Å²) in [5, 5.41) is 5.96. The van der Waals surface area contributed by atoms with E-state index in [9.17, 15) is 14.4 Å². The number of nitrogens with two attached hydrogens (primary N) is 2. The van der Waals surface area contributed by atoms with Gasteiger partial charge in [-0.05, 0) is 37.5 Å². The maximum atomic E-state index is 13.0. The minimum Gasteiger partial charge on any atom is -0.369 e. The van der Waals surface area contributed by atoms with Gasteiger partial charge in [-0.1, -0.05) is 27.7 Å². The van der Waals surface area contributed by atoms with Crippen LogP contribution in [0.2, 0.25) is 0 Å². The molecule has 0 aromatic carbocycles. The van der Waals surface area contributed by atoms with Crippen molar-refractivity contribution in [3.8, 4) is 0 Å². The van der Waals surface area contributed by atoms with Gasteiger partial charge in [-0.15, -0.1) is 0 Å². The number of nitrogens with zero attached hydrogens (tertiary/aromatic N) is 1. The quantitative estimate of drug-likeness (QED) is 0.420. The summed E-state index contributed by atoms with van der Waals surface area (Å²) in [6, 6.07) is -1.15. The second kappa shape index (κ2) is 11.2. The Hall–Kier alpha value is -1.67. The molecular formula is C19H37N5O3. The van der Waals surface area contributed by atoms with Crippen molar-refractivity contribution in [2.24, 2.45) is 23.3 Å². The number of rotatable bonds is 10. The Balaban J connectivity index is 2.72. The highest BCUT2D eigenvalue weighted by atomic mass is 16.2. The highest BCUT2D eigenvalue weighted by Gasteiger charge is 2.31. The number of carbonyl (C=O) groups is 3. The first kappa shape index (κ1) is 23.4. The summed E-state index contributed by atoms with van der Waals surface area (Å²) in [5.74, 6) is -0.205. The third-order valence-corrected chi connectivity index (χ3v) is 4.68. The number of nitrogens with one attached hydrogen (secondary N) is 2. The van der Waals surface area contributed by atoms with Crippen LogP contribution >= 0.6 is 0 Å². The average Bonchev–Trinajstić information content (AvgIpc) is 2.57. The number of hydrogen-bond donors (Lipinski definition) is 4. The molecule has 3 atom stereocenters. The first-order chi connectivity index (χ1) is 12.6. The van der Waals surface area contributed by atoms with Gasteiger partial charge in [0.1, 0.15) is 6.04 Å². The first-order valence-electron chi connectivity index (χ1n) is 9.96. The van der Waals surface area contributed by atoms with Gasteiger partial charge < -0.3 is 27.0 Å². The summed E-state index contributed by atoms with van der Waals surface area (Å²) >= 11 is 0. The average molecular weight is 384 g/mol. The van der Waals surface area contributed by atoms with Gasteiger partial charge in [0.15, 0.2) is 0 Å². The number of carbonyl (C=O) groups excluding carboxylic acids is 3. The Kier molecular flexibility index (Phi) is 9.73. The number of amides is 3. The zero-order chi connectivity index (χ0) is 20.6. The van der Waals surface area contributed by atoms with E-state index in [1.807, 2.05) is 27.7 Å². The van der Waals surface area contributed by atoms with Crippen molar-refractivity contribution in [1.82, 2.24) is 15.5 Å². The Labute approximate surface area is 162 Å². The van der Waals surface area contributed by atoms with E-state index in [0.29, 0.717) is 31.8 Å². The van der Waals surface area contributed by atoms with Crippen LogP contribution in [0.5, 0.6) is 0 Å². The van der Waals surface area contributed by atoms with E-state index in [1.165, 1.54) is 0 Å². The van der Waals surface area contributed by atoms with Crippen LogP contribution in [0.3, 0.4) is 0 Å². The fraction of sp³-hybridized carbons (Fsp3) is 0.842. The van der Waals surface area contributed by atoms with Crippen molar-refractivity contribution >= 4 is 17.7 Å². The fourth-order valence-corrected chi connectivity index (χ4v) is 3.40. The van der Waals surface area contributed by atoms with Crippen LogP contribution < -0.4 is 22.1 Å². The summed E-state index contributed by atoms with van der Waals surface area (Å²) in [7, 11) is 0. The lowest BCUT2D eigenvalue weighted by atomic mass is 9.98. The molecule has 3 amide bonds. The summed E-state index contributed by atoms with van der Waals surface area (Å²) in [4.78, 5) is 38.2. The lowest BCUT2D eigenvalue weighted by Crippen LogP contribution is -2.57. The molecule has 1 heterocycles. The van der Waals surface area contributed by atoms with E-state index in [4.69, 9.17) is 11.5 Å². The van der Waals surface area contributed by atoms with E-state index < -0.39 is 18.0 Å². The third kappa shape index (κ3) is 8.71. The van der Waals surface area contributed by atoms with Crippen LogP contribution in [0.15, 0.2) is 0 Å². The minimum atomic E-state index is -0.612. The molecule has 8 nitrogen and oxygen atoms in total. The molecule has 6 N–H and O–H groups in total. The molecule has 0 aromatic heterocycles. The van der Waals surface area contributed by atoms with Crippen molar-refractivity contribution in [3.05, 3.63) is 0 Å². The smallest absolute Gasteiger partial charge is 0.245 e. The van der Waals surface area contributed by atoms with Gasteiger partial charge in [-0.3, -0.25) is 14.4 Å². The van der Waals surface area contributed by atoms with Gasteiger partial charge in [0.2, 0.25) is 17.7 Å². The largest absolute Gasteiger partial charge is 0.369 e. The van der Waals surface area contributed by atoms with Crippen LogP contribution in [-0.2, 0) is 14.4 Å². The van der Waals surface area contributed by atoms with Gasteiger partial charge in [-0.2, -0.15) is 0 Å². The van der Waals surface area contributed by atoms with Gasteiger partial charge in [0.05, 0.1) is 12.6 Å². The van der Waals surface area contributed by atoms with Gasteiger partial charge in [-0.25, -0.2) is 0 Å². The second-order valence-electron chi connectivity index (χ2n) is 8.40. The second-order valence-corrected chi connectivity index (χ2v) is 8.40. The Morgan fingerprint density at radius 1 is 1.11 bits per heavy atom. The number of hydrogen-bond acceptors (Lipinski definition) is 5. The molecule has 0 unspecified atom stereocenters. The van der Waals surface area contributed by atoms with Crippen LogP contribution in [0.1, 0.15) is 53.4 Å². The molecule has 0 aromatic rings. The van der Waals surface area contributed by atoms with Crippen LogP contribution in [0.4, 0.5) is 0 Å². The Morgan fingerprint density at radius 2 is 1.74 bits per heavy atom. The van der Waals surface area contributed by atoms with Gasteiger partial charge in [0, 0.05) is 19.1 Å². The summed E-state index contributed by atoms with van der Waals surface area (Å²) < 4.78 is 0. The van der Waals surface area contributed by atoms with E-state index in [1.54, 1.807) is 4.90 Å². The highest BCUT2D eigenvalue weighted by Crippen LogP contribution is 2.15. The molecule has 156 valence electrons. The molecule has 0 aliphatic carbocycles. The third-order valence-electron chi connectivity index (χ3n) is 4.68. The summed E-state index contributed by atoms with van der Waals surface area (Å²) in [5.41, 5.74) is 11.2. The maximum Gasteiger partial charge on any atom is 0.245 e. The normalized spacial score (nSPS) is 19.8. The monoisotopic (exact) mass is 383 g/mol. The maximum absolute atomic E-state index is 13.0. The van der Waals surface area contributed by atoms with Crippen molar-refractivity contribution < 1.29 is 14.4 Å². The number of piperidine rings is 1. The van der Waals surface area contributed by atoms with Gasteiger partial charge in [0.25, 0.3) is 0 Å². The van der Waals surface area contributed by atoms with E-state index in [-0.39, 0.29) is 30.3 Å². The molecule has 8 heteroatoms. The fourth-order valence-electron chi connectivity index (χ4n) is 3.40. The molecule has 1 aliphatic heterocycles. The molecule has 0 radical (unpaired) electrons. The lowest BCUT2D eigenvalue weighted by molar-refractivity contribution is -0.138. The van der Waals surface area contributed by atoms with Crippen LogP contribution in [0.25, 0.3) is 0 Å². The van der Waals surface area contributed by atoms with Crippen molar-refractivity contribution in [2.75, 3.05) is 19.6 Å². The predicted molar refractivity (Wildman–Crippen MR) is 106 cm³/mol. The first-order valence-corrected chi connectivity index (χ1v) is 9.96. The Morgan fingerprint density at radius 3 is 2.30 bits per heavy atom. The molecule has 1 rings (SSSR count). The van der Waals surface area contributed by atoms with Crippen LogP contribution in [0, 0.1) is 11.8 Å².